The zero-order chi connectivity index (χ0) is 16.1. The minimum atomic E-state index is -0.713. The number of methoxy groups -OCH3 is 1. The number of halogens is 2. The summed E-state index contributed by atoms with van der Waals surface area (Å²) in [5.41, 5.74) is 0.627. The molecule has 2 rings (SSSR count). The molecule has 0 saturated carbocycles. The van der Waals surface area contributed by atoms with Gasteiger partial charge in [-0.05, 0) is 35.0 Å². The summed E-state index contributed by atoms with van der Waals surface area (Å²) in [7, 11) is 1.31. The monoisotopic (exact) mass is 385 g/mol. The van der Waals surface area contributed by atoms with Crippen LogP contribution in [0.4, 0.5) is 11.6 Å². The van der Waals surface area contributed by atoms with E-state index in [-0.39, 0.29) is 0 Å². The fraction of sp³-hybridized carbons (Fsp3) is 0.214. The first-order chi connectivity index (χ1) is 10.5. The van der Waals surface area contributed by atoms with Crippen molar-refractivity contribution in [1.82, 2.24) is 9.97 Å². The van der Waals surface area contributed by atoms with Crippen LogP contribution < -0.4 is 10.1 Å². The normalized spacial score (nSPS) is 11.6. The van der Waals surface area contributed by atoms with E-state index in [1.807, 2.05) is 0 Å². The number of rotatable bonds is 5. The Hall–Kier alpha value is -1.86. The largest absolute Gasteiger partial charge is 0.479 e. The third-order valence-corrected chi connectivity index (χ3v) is 3.38. The molecule has 0 amide bonds. The summed E-state index contributed by atoms with van der Waals surface area (Å²) < 4.78 is 10.8. The van der Waals surface area contributed by atoms with E-state index >= 15 is 0 Å². The first-order valence-electron chi connectivity index (χ1n) is 6.28. The number of nitrogens with zero attached hydrogens (tertiary/aromatic N) is 2. The van der Waals surface area contributed by atoms with Crippen LogP contribution in [-0.4, -0.2) is 29.2 Å². The first-order valence-corrected chi connectivity index (χ1v) is 7.45. The van der Waals surface area contributed by atoms with Crippen molar-refractivity contribution in [1.29, 1.82) is 0 Å². The lowest BCUT2D eigenvalue weighted by Gasteiger charge is -2.14. The van der Waals surface area contributed by atoms with Crippen LogP contribution in [0.15, 0.2) is 35.1 Å². The van der Waals surface area contributed by atoms with Crippen molar-refractivity contribution in [2.75, 3.05) is 12.4 Å². The SMILES string of the molecule is COC(=O)C(C)Oc1ccc(Nc2ncc(Br)cn2)c(Cl)c1. The third-order valence-electron chi connectivity index (χ3n) is 2.65. The Kier molecular flexibility index (Phi) is 5.57. The highest BCUT2D eigenvalue weighted by molar-refractivity contribution is 9.10. The zero-order valence-electron chi connectivity index (χ0n) is 11.8. The predicted molar refractivity (Wildman–Crippen MR) is 86.6 cm³/mol. The zero-order valence-corrected chi connectivity index (χ0v) is 14.2. The molecular weight excluding hydrogens is 374 g/mol. The van der Waals surface area contributed by atoms with Crippen molar-refractivity contribution in [3.05, 3.63) is 40.1 Å². The van der Waals surface area contributed by atoms with E-state index in [0.717, 1.165) is 4.47 Å². The lowest BCUT2D eigenvalue weighted by atomic mass is 10.3. The molecule has 0 aliphatic rings. The number of hydrogen-bond acceptors (Lipinski definition) is 6. The molecule has 1 unspecified atom stereocenters. The van der Waals surface area contributed by atoms with Crippen LogP contribution >= 0.6 is 27.5 Å². The molecule has 22 heavy (non-hydrogen) atoms. The topological polar surface area (TPSA) is 73.3 Å². The molecule has 0 aliphatic carbocycles. The average Bonchev–Trinajstić information content (AvgIpc) is 2.51. The lowest BCUT2D eigenvalue weighted by molar-refractivity contribution is -0.147. The van der Waals surface area contributed by atoms with Crippen molar-refractivity contribution in [2.24, 2.45) is 0 Å². The van der Waals surface area contributed by atoms with Gasteiger partial charge in [0.2, 0.25) is 5.95 Å². The number of nitrogens with one attached hydrogen (secondary N) is 1. The molecule has 116 valence electrons. The van der Waals surface area contributed by atoms with Gasteiger partial charge in [-0.1, -0.05) is 11.6 Å². The van der Waals surface area contributed by atoms with Gasteiger partial charge in [-0.3, -0.25) is 0 Å². The summed E-state index contributed by atoms with van der Waals surface area (Å²) in [4.78, 5) is 19.5. The first kappa shape index (κ1) is 16.5. The van der Waals surface area contributed by atoms with Crippen molar-refractivity contribution >= 4 is 45.1 Å². The highest BCUT2D eigenvalue weighted by Gasteiger charge is 2.15. The van der Waals surface area contributed by atoms with E-state index in [0.29, 0.717) is 22.4 Å². The van der Waals surface area contributed by atoms with Gasteiger partial charge in [0.1, 0.15) is 5.75 Å². The van der Waals surface area contributed by atoms with Crippen LogP contribution in [-0.2, 0) is 9.53 Å². The molecule has 1 N–H and O–H groups in total. The van der Waals surface area contributed by atoms with E-state index < -0.39 is 12.1 Å². The number of anilines is 2. The van der Waals surface area contributed by atoms with Crippen LogP contribution in [0, 0.1) is 0 Å². The minimum absolute atomic E-state index is 0.418. The number of ether oxygens (including phenoxy) is 2. The highest BCUT2D eigenvalue weighted by atomic mass is 79.9. The molecule has 0 radical (unpaired) electrons. The summed E-state index contributed by atoms with van der Waals surface area (Å²) in [6.45, 7) is 1.60. The second-order valence-corrected chi connectivity index (χ2v) is 5.60. The maximum absolute atomic E-state index is 11.3. The fourth-order valence-electron chi connectivity index (χ4n) is 1.59. The van der Waals surface area contributed by atoms with E-state index in [1.165, 1.54) is 7.11 Å². The quantitative estimate of drug-likeness (QED) is 0.792. The number of esters is 1. The summed E-state index contributed by atoms with van der Waals surface area (Å²) in [5.74, 6) is 0.424. The number of hydrogen-bond donors (Lipinski definition) is 1. The van der Waals surface area contributed by atoms with Gasteiger partial charge in [-0.15, -0.1) is 0 Å². The molecule has 0 aliphatic heterocycles. The van der Waals surface area contributed by atoms with Gasteiger partial charge < -0.3 is 14.8 Å². The van der Waals surface area contributed by atoms with Crippen LogP contribution in [0.2, 0.25) is 5.02 Å². The van der Waals surface area contributed by atoms with E-state index in [4.69, 9.17) is 16.3 Å². The molecule has 0 spiro atoms. The van der Waals surface area contributed by atoms with Gasteiger partial charge in [-0.2, -0.15) is 0 Å². The summed E-state index contributed by atoms with van der Waals surface area (Å²) in [6, 6.07) is 5.00. The Morgan fingerprint density at radius 2 is 2.05 bits per heavy atom. The molecule has 0 saturated heterocycles. The van der Waals surface area contributed by atoms with Crippen LogP contribution in [0.3, 0.4) is 0 Å². The van der Waals surface area contributed by atoms with E-state index in [2.05, 4.69) is 36.0 Å². The van der Waals surface area contributed by atoms with E-state index in [1.54, 1.807) is 37.5 Å². The van der Waals surface area contributed by atoms with E-state index in [9.17, 15) is 4.79 Å². The number of benzene rings is 1. The molecule has 1 aromatic heterocycles. The fourth-order valence-corrected chi connectivity index (χ4v) is 2.01. The number of carbonyl (C=O) groups excluding carboxylic acids is 1. The Labute approximate surface area is 140 Å². The predicted octanol–water partition coefficient (Wildman–Crippen LogP) is 3.58. The smallest absolute Gasteiger partial charge is 0.346 e. The Bertz CT molecular complexity index is 667. The highest BCUT2D eigenvalue weighted by Crippen LogP contribution is 2.29. The van der Waals surface area contributed by atoms with Crippen LogP contribution in [0.25, 0.3) is 0 Å². The Morgan fingerprint density at radius 1 is 1.36 bits per heavy atom. The van der Waals surface area contributed by atoms with Crippen molar-refractivity contribution in [3.8, 4) is 5.75 Å². The van der Waals surface area contributed by atoms with Crippen molar-refractivity contribution in [2.45, 2.75) is 13.0 Å². The second kappa shape index (κ2) is 7.42. The van der Waals surface area contributed by atoms with Crippen molar-refractivity contribution in [3.63, 3.8) is 0 Å². The van der Waals surface area contributed by atoms with Crippen LogP contribution in [0.1, 0.15) is 6.92 Å². The molecule has 1 heterocycles. The number of carbonyl (C=O) groups is 1. The van der Waals surface area contributed by atoms with Gasteiger partial charge in [0, 0.05) is 18.5 Å². The maximum atomic E-state index is 11.3. The van der Waals surface area contributed by atoms with Crippen LogP contribution in [0.5, 0.6) is 5.75 Å². The summed E-state index contributed by atoms with van der Waals surface area (Å²) in [5, 5.41) is 3.41. The second-order valence-electron chi connectivity index (χ2n) is 4.27. The Balaban J connectivity index is 2.09. The molecule has 6 nitrogen and oxygen atoms in total. The van der Waals surface area contributed by atoms with Gasteiger partial charge in [0.05, 0.1) is 22.3 Å². The third kappa shape index (κ3) is 4.32. The summed E-state index contributed by atoms with van der Waals surface area (Å²) >= 11 is 9.45. The van der Waals surface area contributed by atoms with Gasteiger partial charge in [0.15, 0.2) is 6.10 Å². The van der Waals surface area contributed by atoms with Crippen molar-refractivity contribution < 1.29 is 14.3 Å². The standard InChI is InChI=1S/C14H13BrClN3O3/c1-8(13(20)21-2)22-10-3-4-12(11(16)5-10)19-14-17-6-9(15)7-18-14/h3-8H,1-2H3,(H,17,18,19). The molecule has 1 atom stereocenters. The molecule has 2 aromatic rings. The molecule has 1 aromatic carbocycles. The molecule has 8 heteroatoms. The summed E-state index contributed by atoms with van der Waals surface area (Å²) in [6.07, 6.45) is 2.53. The lowest BCUT2D eigenvalue weighted by Crippen LogP contribution is -2.24. The van der Waals surface area contributed by atoms with Gasteiger partial charge in [-0.25, -0.2) is 14.8 Å². The van der Waals surface area contributed by atoms with Gasteiger partial charge in [0.25, 0.3) is 0 Å². The number of aromatic nitrogens is 2. The molecular formula is C14H13BrClN3O3. The maximum Gasteiger partial charge on any atom is 0.346 e. The van der Waals surface area contributed by atoms with Gasteiger partial charge >= 0.3 is 5.97 Å². The Morgan fingerprint density at radius 3 is 2.64 bits per heavy atom. The minimum Gasteiger partial charge on any atom is -0.479 e. The average molecular weight is 387 g/mol. The molecule has 0 bridgehead atoms. The molecule has 0 fully saturated rings.